The van der Waals surface area contributed by atoms with Gasteiger partial charge in [0.1, 0.15) is 6.54 Å². The highest BCUT2D eigenvalue weighted by atomic mass is 16.2. The van der Waals surface area contributed by atoms with E-state index in [2.05, 4.69) is 15.5 Å². The van der Waals surface area contributed by atoms with Gasteiger partial charge in [-0.15, -0.1) is 0 Å². The third-order valence-corrected chi connectivity index (χ3v) is 5.16. The molecule has 5 aromatic rings. The highest BCUT2D eigenvalue weighted by Crippen LogP contribution is 2.21. The molecular weight excluding hydrogens is 376 g/mol. The van der Waals surface area contributed by atoms with Gasteiger partial charge in [-0.25, -0.2) is 0 Å². The third kappa shape index (κ3) is 3.14. The van der Waals surface area contributed by atoms with Crippen molar-refractivity contribution in [3.05, 3.63) is 95.3 Å². The van der Waals surface area contributed by atoms with Gasteiger partial charge >= 0.3 is 0 Å². The van der Waals surface area contributed by atoms with Crippen molar-refractivity contribution < 1.29 is 4.79 Å². The monoisotopic (exact) mass is 394 g/mol. The van der Waals surface area contributed by atoms with E-state index in [0.29, 0.717) is 16.5 Å². The molecular formula is C24H18N4O2. The number of hydrogen-bond donors (Lipinski definition) is 2. The Hall–Kier alpha value is -4.19. The lowest BCUT2D eigenvalue weighted by atomic mass is 10.1. The van der Waals surface area contributed by atoms with Crippen molar-refractivity contribution in [1.82, 2.24) is 14.8 Å². The van der Waals surface area contributed by atoms with Gasteiger partial charge in [-0.05, 0) is 48.0 Å². The number of hydrogen-bond acceptors (Lipinski definition) is 3. The molecule has 0 unspecified atom stereocenters. The largest absolute Gasteiger partial charge is 0.331 e. The Kier molecular flexibility index (Phi) is 4.37. The molecule has 0 fully saturated rings. The summed E-state index contributed by atoms with van der Waals surface area (Å²) in [6.07, 6.45) is 1.70. The number of carbonyl (C=O) groups is 1. The van der Waals surface area contributed by atoms with E-state index in [0.717, 1.165) is 22.3 Å². The molecule has 2 heterocycles. The standard InChI is InChI=1S/C24H18N4O2/c29-23(26-17-11-9-16(10-12-17)20-13-14-25-27-20)15-28-21-7-3-1-5-18(21)24(30)19-6-2-4-8-22(19)28/h1-14H,15H2,(H,25,27)(H,26,29). The van der Waals surface area contributed by atoms with E-state index < -0.39 is 0 Å². The van der Waals surface area contributed by atoms with Gasteiger partial charge in [0, 0.05) is 22.7 Å². The van der Waals surface area contributed by atoms with Crippen LogP contribution in [0, 0.1) is 0 Å². The molecule has 3 aromatic carbocycles. The fraction of sp³-hybridized carbons (Fsp3) is 0.0417. The Balaban J connectivity index is 1.47. The van der Waals surface area contributed by atoms with E-state index in [1.165, 1.54) is 0 Å². The zero-order valence-electron chi connectivity index (χ0n) is 16.0. The van der Waals surface area contributed by atoms with Crippen molar-refractivity contribution in [2.45, 2.75) is 6.54 Å². The number of nitrogens with zero attached hydrogens (tertiary/aromatic N) is 2. The van der Waals surface area contributed by atoms with Gasteiger partial charge in [0.05, 0.1) is 16.7 Å². The Morgan fingerprint density at radius 3 is 2.10 bits per heavy atom. The zero-order valence-corrected chi connectivity index (χ0v) is 16.0. The van der Waals surface area contributed by atoms with E-state index in [1.807, 2.05) is 71.3 Å². The molecule has 0 atom stereocenters. The molecule has 30 heavy (non-hydrogen) atoms. The molecule has 6 heteroatoms. The summed E-state index contributed by atoms with van der Waals surface area (Å²) in [6, 6.07) is 24.2. The molecule has 0 saturated heterocycles. The lowest BCUT2D eigenvalue weighted by Gasteiger charge is -2.15. The van der Waals surface area contributed by atoms with E-state index in [9.17, 15) is 9.59 Å². The molecule has 6 nitrogen and oxygen atoms in total. The van der Waals surface area contributed by atoms with Crippen LogP contribution in [-0.4, -0.2) is 20.7 Å². The minimum atomic E-state index is -0.164. The SMILES string of the molecule is O=C(Cn1c2ccccc2c(=O)c2ccccc21)Nc1ccc(-c2ccn[nH]2)cc1. The number of pyridine rings is 1. The number of carbonyl (C=O) groups excluding carboxylic acids is 1. The smallest absolute Gasteiger partial charge is 0.244 e. The number of amides is 1. The van der Waals surface area contributed by atoms with Crippen LogP contribution in [-0.2, 0) is 11.3 Å². The predicted molar refractivity (Wildman–Crippen MR) is 118 cm³/mol. The molecule has 146 valence electrons. The van der Waals surface area contributed by atoms with Gasteiger partial charge in [0.25, 0.3) is 0 Å². The topological polar surface area (TPSA) is 79.8 Å². The molecule has 0 aliphatic carbocycles. The zero-order chi connectivity index (χ0) is 20.5. The first-order chi connectivity index (χ1) is 14.7. The maximum Gasteiger partial charge on any atom is 0.244 e. The molecule has 0 saturated carbocycles. The molecule has 0 aliphatic heterocycles. The van der Waals surface area contributed by atoms with Crippen molar-refractivity contribution in [3.63, 3.8) is 0 Å². The third-order valence-electron chi connectivity index (χ3n) is 5.16. The highest BCUT2D eigenvalue weighted by molar-refractivity contribution is 5.97. The van der Waals surface area contributed by atoms with Crippen molar-refractivity contribution in [2.75, 3.05) is 5.32 Å². The van der Waals surface area contributed by atoms with Gasteiger partial charge in [0.2, 0.25) is 5.91 Å². The fourth-order valence-corrected chi connectivity index (χ4v) is 3.74. The van der Waals surface area contributed by atoms with Gasteiger partial charge in [-0.3, -0.25) is 14.7 Å². The first-order valence-corrected chi connectivity index (χ1v) is 9.61. The summed E-state index contributed by atoms with van der Waals surface area (Å²) in [5.41, 5.74) is 4.07. The van der Waals surface area contributed by atoms with Gasteiger partial charge in [-0.1, -0.05) is 36.4 Å². The van der Waals surface area contributed by atoms with Crippen molar-refractivity contribution in [2.24, 2.45) is 0 Å². The Bertz CT molecular complexity index is 1360. The fourth-order valence-electron chi connectivity index (χ4n) is 3.74. The Morgan fingerprint density at radius 1 is 0.867 bits per heavy atom. The quantitative estimate of drug-likeness (QED) is 0.449. The number of aromatic amines is 1. The first-order valence-electron chi connectivity index (χ1n) is 9.61. The first kappa shape index (κ1) is 17.9. The van der Waals surface area contributed by atoms with Crippen LogP contribution < -0.4 is 10.7 Å². The van der Waals surface area contributed by atoms with Crippen LogP contribution in [0.3, 0.4) is 0 Å². The van der Waals surface area contributed by atoms with Crippen LogP contribution in [0.15, 0.2) is 89.9 Å². The van der Waals surface area contributed by atoms with Crippen molar-refractivity contribution in [1.29, 1.82) is 0 Å². The summed E-state index contributed by atoms with van der Waals surface area (Å²) in [5.74, 6) is -0.164. The molecule has 5 rings (SSSR count). The second-order valence-electron chi connectivity index (χ2n) is 7.05. The maximum atomic E-state index is 12.8. The summed E-state index contributed by atoms with van der Waals surface area (Å²) in [6.45, 7) is 0.101. The molecule has 0 spiro atoms. The van der Waals surface area contributed by atoms with E-state index in [-0.39, 0.29) is 17.9 Å². The summed E-state index contributed by atoms with van der Waals surface area (Å²) >= 11 is 0. The summed E-state index contributed by atoms with van der Waals surface area (Å²) in [4.78, 5) is 25.7. The number of H-pyrrole nitrogens is 1. The average molecular weight is 394 g/mol. The van der Waals surface area contributed by atoms with Crippen LogP contribution in [0.1, 0.15) is 0 Å². The summed E-state index contributed by atoms with van der Waals surface area (Å²) < 4.78 is 1.89. The molecule has 1 amide bonds. The Morgan fingerprint density at radius 2 is 1.50 bits per heavy atom. The second kappa shape index (κ2) is 7.33. The second-order valence-corrected chi connectivity index (χ2v) is 7.05. The number of para-hydroxylation sites is 2. The van der Waals surface area contributed by atoms with Crippen molar-refractivity contribution >= 4 is 33.4 Å². The van der Waals surface area contributed by atoms with E-state index in [4.69, 9.17) is 0 Å². The van der Waals surface area contributed by atoms with Gasteiger partial charge < -0.3 is 9.88 Å². The predicted octanol–water partition coefficient (Wildman–Crippen LogP) is 4.18. The molecule has 2 N–H and O–H groups in total. The maximum absolute atomic E-state index is 12.8. The number of nitrogens with one attached hydrogen (secondary N) is 2. The van der Waals surface area contributed by atoms with Crippen molar-refractivity contribution in [3.8, 4) is 11.3 Å². The van der Waals surface area contributed by atoms with Crippen LogP contribution in [0.25, 0.3) is 33.1 Å². The number of rotatable bonds is 4. The summed E-state index contributed by atoms with van der Waals surface area (Å²) in [7, 11) is 0. The minimum absolute atomic E-state index is 0.0211. The molecule has 0 aliphatic rings. The van der Waals surface area contributed by atoms with Crippen LogP contribution in [0.4, 0.5) is 5.69 Å². The summed E-state index contributed by atoms with van der Waals surface area (Å²) in [5, 5.41) is 11.0. The van der Waals surface area contributed by atoms with E-state index >= 15 is 0 Å². The van der Waals surface area contributed by atoms with Crippen LogP contribution in [0.5, 0.6) is 0 Å². The number of aromatic nitrogens is 3. The molecule has 0 radical (unpaired) electrons. The Labute approximate surface area is 171 Å². The molecule has 0 bridgehead atoms. The lowest BCUT2D eigenvalue weighted by molar-refractivity contribution is -0.116. The number of anilines is 1. The minimum Gasteiger partial charge on any atom is -0.331 e. The van der Waals surface area contributed by atoms with Gasteiger partial charge in [-0.2, -0.15) is 5.10 Å². The van der Waals surface area contributed by atoms with Crippen LogP contribution >= 0.6 is 0 Å². The van der Waals surface area contributed by atoms with Gasteiger partial charge in [0.15, 0.2) is 5.43 Å². The number of fused-ring (bicyclic) bond motifs is 2. The normalized spacial score (nSPS) is 11.1. The van der Waals surface area contributed by atoms with Crippen LogP contribution in [0.2, 0.25) is 0 Å². The lowest BCUT2D eigenvalue weighted by Crippen LogP contribution is -2.21. The average Bonchev–Trinajstić information content (AvgIpc) is 3.32. The highest BCUT2D eigenvalue weighted by Gasteiger charge is 2.13. The van der Waals surface area contributed by atoms with E-state index in [1.54, 1.807) is 18.3 Å². The molecule has 2 aromatic heterocycles. The number of benzene rings is 3.